The first kappa shape index (κ1) is 24.3. The molecule has 2 aromatic carbocycles. The third-order valence-electron chi connectivity index (χ3n) is 5.67. The van der Waals surface area contributed by atoms with Crippen molar-refractivity contribution in [2.75, 3.05) is 5.75 Å². The zero-order valence-corrected chi connectivity index (χ0v) is 21.2. The van der Waals surface area contributed by atoms with Gasteiger partial charge in [-0.3, -0.25) is 0 Å². The zero-order valence-electron chi connectivity index (χ0n) is 19.5. The number of benzene rings is 2. The largest absolute Gasteiger partial charge is 0.490 e. The van der Waals surface area contributed by atoms with Gasteiger partial charge in [0.25, 0.3) is 0 Å². The Balaban J connectivity index is 1.65. The van der Waals surface area contributed by atoms with Crippen molar-refractivity contribution in [1.29, 1.82) is 5.26 Å². The molecule has 1 N–H and O–H groups in total. The molecule has 0 saturated carbocycles. The van der Waals surface area contributed by atoms with Crippen molar-refractivity contribution in [2.45, 2.75) is 58.6 Å². The summed E-state index contributed by atoms with van der Waals surface area (Å²) in [4.78, 5) is 0. The lowest BCUT2D eigenvalue weighted by atomic mass is 9.85. The van der Waals surface area contributed by atoms with Crippen LogP contribution in [0.15, 0.2) is 36.4 Å². The van der Waals surface area contributed by atoms with Crippen LogP contribution in [0.3, 0.4) is 0 Å². The lowest BCUT2D eigenvalue weighted by Gasteiger charge is -2.27. The van der Waals surface area contributed by atoms with Crippen LogP contribution in [0.2, 0.25) is 0 Å². The molecule has 1 aliphatic carbocycles. The van der Waals surface area contributed by atoms with E-state index in [2.05, 4.69) is 21.0 Å². The van der Waals surface area contributed by atoms with E-state index in [4.69, 9.17) is 4.74 Å². The van der Waals surface area contributed by atoms with Gasteiger partial charge in [-0.25, -0.2) is 13.1 Å². The minimum Gasteiger partial charge on any atom is -0.490 e. The number of nitriles is 1. The van der Waals surface area contributed by atoms with Crippen molar-refractivity contribution in [3.63, 3.8) is 0 Å². The molecule has 4 rings (SSSR count). The fraction of sp³-hybridized carbons (Fsp3) is 0.400. The van der Waals surface area contributed by atoms with Gasteiger partial charge in [0.1, 0.15) is 21.8 Å². The third kappa shape index (κ3) is 5.30. The molecule has 34 heavy (non-hydrogen) atoms. The standard InChI is InChI=1S/C25H28N4O3S2/c1-4-13-34(30,31)29-22-10-6-7-19-20(22)8-5-9-21(19)25-28-27-24(33-25)17-11-12-23(32-16(2)3)18(14-17)15-26/h5,8-9,11-12,14,16,22,29H,4,6-7,10,13H2,1-3H3/t22-/m1/s1. The Morgan fingerprint density at radius 1 is 1.24 bits per heavy atom. The average Bonchev–Trinajstić information content (AvgIpc) is 3.28. The maximum atomic E-state index is 12.4. The van der Waals surface area contributed by atoms with Crippen LogP contribution >= 0.6 is 11.3 Å². The van der Waals surface area contributed by atoms with Crippen molar-refractivity contribution in [3.8, 4) is 33.0 Å². The van der Waals surface area contributed by atoms with Gasteiger partial charge in [0.05, 0.1) is 17.4 Å². The van der Waals surface area contributed by atoms with Crippen LogP contribution in [-0.2, 0) is 16.4 Å². The molecule has 0 aliphatic heterocycles. The summed E-state index contributed by atoms with van der Waals surface area (Å²) in [5.74, 6) is 0.684. The monoisotopic (exact) mass is 496 g/mol. The summed E-state index contributed by atoms with van der Waals surface area (Å²) in [5.41, 5.74) is 4.40. The SMILES string of the molecule is CCCS(=O)(=O)N[C@@H]1CCCc2c(-c3nnc(-c4ccc(OC(C)C)c(C#N)c4)s3)cccc21. The van der Waals surface area contributed by atoms with E-state index in [1.807, 2.05) is 45.0 Å². The lowest BCUT2D eigenvalue weighted by Crippen LogP contribution is -2.32. The second-order valence-corrected chi connectivity index (χ2v) is 11.5. The highest BCUT2D eigenvalue weighted by Gasteiger charge is 2.27. The van der Waals surface area contributed by atoms with E-state index in [0.717, 1.165) is 51.5 Å². The molecule has 7 nitrogen and oxygen atoms in total. The normalized spacial score (nSPS) is 15.7. The highest BCUT2D eigenvalue weighted by molar-refractivity contribution is 7.89. The summed E-state index contributed by atoms with van der Waals surface area (Å²) in [6.07, 6.45) is 3.11. The summed E-state index contributed by atoms with van der Waals surface area (Å²) < 4.78 is 33.4. The van der Waals surface area contributed by atoms with Gasteiger partial charge in [0.15, 0.2) is 0 Å². The second kappa shape index (κ2) is 10.2. The first-order valence-corrected chi connectivity index (χ1v) is 13.9. The van der Waals surface area contributed by atoms with Gasteiger partial charge >= 0.3 is 0 Å². The van der Waals surface area contributed by atoms with Gasteiger partial charge in [-0.15, -0.1) is 10.2 Å². The molecular formula is C25H28N4O3S2. The molecule has 0 bridgehead atoms. The minimum absolute atomic E-state index is 0.0226. The quantitative estimate of drug-likeness (QED) is 0.457. The summed E-state index contributed by atoms with van der Waals surface area (Å²) in [7, 11) is -3.31. The number of rotatable bonds is 8. The van der Waals surface area contributed by atoms with Gasteiger partial charge in [0, 0.05) is 17.2 Å². The van der Waals surface area contributed by atoms with E-state index in [0.29, 0.717) is 17.7 Å². The highest BCUT2D eigenvalue weighted by Crippen LogP contribution is 2.39. The molecule has 0 spiro atoms. The Hall–Kier alpha value is -2.80. The summed E-state index contributed by atoms with van der Waals surface area (Å²) in [6, 6.07) is 13.4. The maximum absolute atomic E-state index is 12.4. The molecule has 1 aliphatic rings. The van der Waals surface area contributed by atoms with Crippen molar-refractivity contribution in [1.82, 2.24) is 14.9 Å². The van der Waals surface area contributed by atoms with Crippen LogP contribution in [0.25, 0.3) is 21.1 Å². The molecule has 1 atom stereocenters. The van der Waals surface area contributed by atoms with Crippen LogP contribution in [0, 0.1) is 11.3 Å². The Bertz CT molecular complexity index is 1330. The molecule has 0 fully saturated rings. The average molecular weight is 497 g/mol. The van der Waals surface area contributed by atoms with E-state index < -0.39 is 10.0 Å². The van der Waals surface area contributed by atoms with Gasteiger partial charge < -0.3 is 4.74 Å². The van der Waals surface area contributed by atoms with E-state index in [1.54, 1.807) is 12.1 Å². The Labute approximate surface area is 204 Å². The first-order chi connectivity index (χ1) is 16.3. The molecule has 0 amide bonds. The van der Waals surface area contributed by atoms with Crippen LogP contribution in [0.1, 0.15) is 62.8 Å². The number of fused-ring (bicyclic) bond motifs is 1. The molecular weight excluding hydrogens is 468 g/mol. The number of ether oxygens (including phenoxy) is 1. The Kier molecular flexibility index (Phi) is 7.31. The molecule has 9 heteroatoms. The van der Waals surface area contributed by atoms with Gasteiger partial charge in [-0.1, -0.05) is 36.5 Å². The first-order valence-electron chi connectivity index (χ1n) is 11.5. The fourth-order valence-corrected chi connectivity index (χ4v) is 6.50. The summed E-state index contributed by atoms with van der Waals surface area (Å²) in [6.45, 7) is 5.71. The van der Waals surface area contributed by atoms with Crippen molar-refractivity contribution in [3.05, 3.63) is 53.1 Å². The number of hydrogen-bond acceptors (Lipinski definition) is 7. The number of nitrogens with zero attached hydrogens (tertiary/aromatic N) is 3. The second-order valence-electron chi connectivity index (χ2n) is 8.66. The smallest absolute Gasteiger partial charge is 0.212 e. The van der Waals surface area contributed by atoms with Crippen molar-refractivity contribution >= 4 is 21.4 Å². The Morgan fingerprint density at radius 2 is 2.03 bits per heavy atom. The topological polar surface area (TPSA) is 105 Å². The van der Waals surface area contributed by atoms with Crippen LogP contribution < -0.4 is 9.46 Å². The van der Waals surface area contributed by atoms with Crippen LogP contribution in [0.5, 0.6) is 5.75 Å². The summed E-state index contributed by atoms with van der Waals surface area (Å²) >= 11 is 1.46. The van der Waals surface area contributed by atoms with Crippen molar-refractivity contribution in [2.24, 2.45) is 0 Å². The van der Waals surface area contributed by atoms with E-state index in [-0.39, 0.29) is 17.9 Å². The zero-order chi connectivity index (χ0) is 24.3. The lowest BCUT2D eigenvalue weighted by molar-refractivity contribution is 0.242. The van der Waals surface area contributed by atoms with Gasteiger partial charge in [-0.2, -0.15) is 5.26 Å². The Morgan fingerprint density at radius 3 is 2.76 bits per heavy atom. The van der Waals surface area contributed by atoms with Crippen molar-refractivity contribution < 1.29 is 13.2 Å². The predicted octanol–water partition coefficient (Wildman–Crippen LogP) is 5.24. The van der Waals surface area contributed by atoms with E-state index in [1.165, 1.54) is 11.3 Å². The predicted molar refractivity (Wildman–Crippen MR) is 134 cm³/mol. The fourth-order valence-electron chi connectivity index (χ4n) is 4.27. The number of aromatic nitrogens is 2. The van der Waals surface area contributed by atoms with Crippen LogP contribution in [-0.4, -0.2) is 30.5 Å². The van der Waals surface area contributed by atoms with Crippen LogP contribution in [0.4, 0.5) is 0 Å². The third-order valence-corrected chi connectivity index (χ3v) is 8.26. The van der Waals surface area contributed by atoms with E-state index in [9.17, 15) is 13.7 Å². The number of hydrogen-bond donors (Lipinski definition) is 1. The molecule has 0 radical (unpaired) electrons. The molecule has 1 heterocycles. The van der Waals surface area contributed by atoms with Gasteiger partial charge in [-0.05, 0) is 68.9 Å². The van der Waals surface area contributed by atoms with E-state index >= 15 is 0 Å². The molecule has 1 aromatic heterocycles. The highest BCUT2D eigenvalue weighted by atomic mass is 32.2. The summed E-state index contributed by atoms with van der Waals surface area (Å²) in [5, 5.41) is 19.9. The number of nitrogens with one attached hydrogen (secondary N) is 1. The number of sulfonamides is 1. The maximum Gasteiger partial charge on any atom is 0.212 e. The molecule has 178 valence electrons. The minimum atomic E-state index is -3.31. The molecule has 0 unspecified atom stereocenters. The van der Waals surface area contributed by atoms with Gasteiger partial charge in [0.2, 0.25) is 10.0 Å². The molecule has 0 saturated heterocycles. The molecule has 3 aromatic rings.